The molecule has 1 aromatic carbocycles. The van der Waals surface area contributed by atoms with E-state index in [2.05, 4.69) is 20.8 Å². The fourth-order valence-electron chi connectivity index (χ4n) is 3.62. The topological polar surface area (TPSA) is 52.6 Å². The molecule has 0 aromatic heterocycles. The van der Waals surface area contributed by atoms with Crippen LogP contribution in [-0.2, 0) is 14.3 Å². The largest absolute Gasteiger partial charge is 0.465 e. The molecule has 0 bridgehead atoms. The van der Waals surface area contributed by atoms with Gasteiger partial charge in [0.15, 0.2) is 0 Å². The summed E-state index contributed by atoms with van der Waals surface area (Å²) in [5, 5.41) is 0. The third-order valence-electron chi connectivity index (χ3n) is 5.38. The summed E-state index contributed by atoms with van der Waals surface area (Å²) < 4.78 is 11.0. The highest BCUT2D eigenvalue weighted by molar-refractivity contribution is 5.83. The van der Waals surface area contributed by atoms with Crippen molar-refractivity contribution in [3.8, 4) is 5.75 Å². The van der Waals surface area contributed by atoms with Crippen LogP contribution >= 0.6 is 0 Å². The van der Waals surface area contributed by atoms with Crippen molar-refractivity contribution in [3.05, 3.63) is 29.8 Å². The average molecular weight is 375 g/mol. The number of carbonyl (C=O) groups excluding carboxylic acids is 2. The molecule has 150 valence electrons. The van der Waals surface area contributed by atoms with Gasteiger partial charge in [-0.15, -0.1) is 0 Å². The highest BCUT2D eigenvalue weighted by Gasteiger charge is 2.38. The Hall–Kier alpha value is -1.84. The number of hydrogen-bond acceptors (Lipinski definition) is 4. The first-order valence-electron chi connectivity index (χ1n) is 10.5. The Kier molecular flexibility index (Phi) is 8.83. The van der Waals surface area contributed by atoms with E-state index in [9.17, 15) is 9.59 Å². The number of hydrogen-bond donors (Lipinski definition) is 0. The lowest BCUT2D eigenvalue weighted by molar-refractivity contribution is -0.158. The van der Waals surface area contributed by atoms with Gasteiger partial charge in [-0.3, -0.25) is 9.59 Å². The molecule has 0 aliphatic heterocycles. The predicted molar refractivity (Wildman–Crippen MR) is 107 cm³/mol. The molecule has 0 heterocycles. The zero-order valence-corrected chi connectivity index (χ0v) is 17.0. The third-order valence-corrected chi connectivity index (χ3v) is 5.38. The van der Waals surface area contributed by atoms with Crippen molar-refractivity contribution in [1.82, 2.24) is 0 Å². The summed E-state index contributed by atoms with van der Waals surface area (Å²) >= 11 is 0. The van der Waals surface area contributed by atoms with Gasteiger partial charge in [0.25, 0.3) is 0 Å². The Balaban J connectivity index is 1.90. The van der Waals surface area contributed by atoms with Crippen molar-refractivity contribution in [3.63, 3.8) is 0 Å². The van der Waals surface area contributed by atoms with Crippen LogP contribution in [0.15, 0.2) is 24.3 Å². The first-order valence-corrected chi connectivity index (χ1v) is 10.5. The zero-order chi connectivity index (χ0) is 19.6. The van der Waals surface area contributed by atoms with Gasteiger partial charge in [0, 0.05) is 0 Å². The average Bonchev–Trinajstić information content (AvgIpc) is 2.68. The van der Waals surface area contributed by atoms with Crippen LogP contribution in [0.2, 0.25) is 0 Å². The minimum absolute atomic E-state index is 0.233. The van der Waals surface area contributed by atoms with Gasteiger partial charge in [0.2, 0.25) is 0 Å². The Labute approximate surface area is 163 Å². The Bertz CT molecular complexity index is 591. The van der Waals surface area contributed by atoms with Gasteiger partial charge < -0.3 is 9.47 Å². The molecule has 1 aliphatic rings. The molecule has 0 spiro atoms. The summed E-state index contributed by atoms with van der Waals surface area (Å²) in [6.07, 6.45) is 7.59. The van der Waals surface area contributed by atoms with Gasteiger partial charge in [-0.25, -0.2) is 0 Å². The van der Waals surface area contributed by atoms with Crippen LogP contribution in [0.3, 0.4) is 0 Å². The minimum atomic E-state index is -0.397. The number of carbonyl (C=O) groups is 2. The van der Waals surface area contributed by atoms with E-state index in [0.717, 1.165) is 38.5 Å². The maximum absolute atomic E-state index is 12.7. The van der Waals surface area contributed by atoms with E-state index in [1.54, 1.807) is 0 Å². The van der Waals surface area contributed by atoms with Crippen LogP contribution in [0.1, 0.15) is 83.6 Å². The molecule has 1 fully saturated rings. The first kappa shape index (κ1) is 21.5. The van der Waals surface area contributed by atoms with E-state index >= 15 is 0 Å². The van der Waals surface area contributed by atoms with E-state index in [1.165, 1.54) is 5.56 Å². The number of benzene rings is 1. The van der Waals surface area contributed by atoms with Crippen LogP contribution in [-0.4, -0.2) is 18.5 Å². The lowest BCUT2D eigenvalue weighted by Crippen LogP contribution is -2.36. The molecule has 4 heteroatoms. The number of rotatable bonds is 9. The van der Waals surface area contributed by atoms with E-state index in [1.807, 2.05) is 24.3 Å². The summed E-state index contributed by atoms with van der Waals surface area (Å²) in [7, 11) is 0. The summed E-state index contributed by atoms with van der Waals surface area (Å²) in [5.41, 5.74) is 1.21. The van der Waals surface area contributed by atoms with Gasteiger partial charge in [0.1, 0.15) is 5.75 Å². The maximum atomic E-state index is 12.7. The molecule has 0 amide bonds. The Morgan fingerprint density at radius 1 is 0.963 bits per heavy atom. The van der Waals surface area contributed by atoms with Gasteiger partial charge in [-0.05, 0) is 42.9 Å². The second-order valence-electron chi connectivity index (χ2n) is 7.87. The van der Waals surface area contributed by atoms with Gasteiger partial charge >= 0.3 is 11.9 Å². The molecular formula is C23H34O4. The standard InChI is InChI=1S/C23H34O4/c1-4-5-6-9-16-26-22(24)20-10-7-8-11-21(20)23(25)27-19-14-12-18(13-15-19)17(2)3/h12-15,17,20-21H,4-11,16H2,1-3H3. The highest BCUT2D eigenvalue weighted by atomic mass is 16.5. The van der Waals surface area contributed by atoms with E-state index in [-0.39, 0.29) is 17.9 Å². The quantitative estimate of drug-likeness (QED) is 0.319. The van der Waals surface area contributed by atoms with Crippen LogP contribution < -0.4 is 4.74 Å². The molecule has 1 aromatic rings. The SMILES string of the molecule is CCCCCCOC(=O)C1CCCCC1C(=O)Oc1ccc(C(C)C)cc1. The predicted octanol–water partition coefficient (Wildman–Crippen LogP) is 5.65. The minimum Gasteiger partial charge on any atom is -0.465 e. The number of ether oxygens (including phenoxy) is 2. The molecule has 2 rings (SSSR count). The van der Waals surface area contributed by atoms with E-state index in [4.69, 9.17) is 9.47 Å². The Morgan fingerprint density at radius 3 is 2.19 bits per heavy atom. The van der Waals surface area contributed by atoms with Gasteiger partial charge in [-0.1, -0.05) is 65.0 Å². The molecule has 0 saturated heterocycles. The van der Waals surface area contributed by atoms with Crippen molar-refractivity contribution < 1.29 is 19.1 Å². The molecule has 4 nitrogen and oxygen atoms in total. The van der Waals surface area contributed by atoms with Crippen LogP contribution in [0.25, 0.3) is 0 Å². The Morgan fingerprint density at radius 2 is 1.59 bits per heavy atom. The lowest BCUT2D eigenvalue weighted by Gasteiger charge is -2.28. The molecule has 0 N–H and O–H groups in total. The van der Waals surface area contributed by atoms with Crippen molar-refractivity contribution in [1.29, 1.82) is 0 Å². The van der Waals surface area contributed by atoms with Crippen molar-refractivity contribution >= 4 is 11.9 Å². The van der Waals surface area contributed by atoms with Crippen LogP contribution in [0.5, 0.6) is 5.75 Å². The third kappa shape index (κ3) is 6.67. The first-order chi connectivity index (χ1) is 13.0. The smallest absolute Gasteiger partial charge is 0.315 e. The van der Waals surface area contributed by atoms with Gasteiger partial charge in [-0.2, -0.15) is 0 Å². The van der Waals surface area contributed by atoms with E-state index < -0.39 is 5.92 Å². The van der Waals surface area contributed by atoms with E-state index in [0.29, 0.717) is 31.1 Å². The highest BCUT2D eigenvalue weighted by Crippen LogP contribution is 2.32. The van der Waals surface area contributed by atoms with Gasteiger partial charge in [0.05, 0.1) is 18.4 Å². The molecule has 27 heavy (non-hydrogen) atoms. The monoisotopic (exact) mass is 374 g/mol. The van der Waals surface area contributed by atoms with Crippen molar-refractivity contribution in [2.45, 2.75) is 78.1 Å². The molecule has 2 unspecified atom stereocenters. The summed E-state index contributed by atoms with van der Waals surface area (Å²) in [5.74, 6) is -0.325. The molecule has 1 saturated carbocycles. The second kappa shape index (κ2) is 11.1. The lowest BCUT2D eigenvalue weighted by atomic mass is 9.79. The number of esters is 2. The summed E-state index contributed by atoms with van der Waals surface area (Å²) in [4.78, 5) is 25.2. The zero-order valence-electron chi connectivity index (χ0n) is 17.0. The summed E-state index contributed by atoms with van der Waals surface area (Å²) in [6.45, 7) is 6.86. The fraction of sp³-hybridized carbons (Fsp3) is 0.652. The second-order valence-corrected chi connectivity index (χ2v) is 7.87. The van der Waals surface area contributed by atoms with Crippen molar-refractivity contribution in [2.24, 2.45) is 11.8 Å². The normalized spacial score (nSPS) is 19.7. The van der Waals surface area contributed by atoms with Crippen LogP contribution in [0.4, 0.5) is 0 Å². The fourth-order valence-corrected chi connectivity index (χ4v) is 3.62. The summed E-state index contributed by atoms with van der Waals surface area (Å²) in [6, 6.07) is 7.63. The molecule has 1 aliphatic carbocycles. The molecule has 0 radical (unpaired) electrons. The van der Waals surface area contributed by atoms with Crippen LogP contribution in [0, 0.1) is 11.8 Å². The maximum Gasteiger partial charge on any atom is 0.315 e. The molecular weight excluding hydrogens is 340 g/mol. The number of unbranched alkanes of at least 4 members (excludes halogenated alkanes) is 3. The molecule has 2 atom stereocenters. The van der Waals surface area contributed by atoms with Crippen molar-refractivity contribution in [2.75, 3.05) is 6.61 Å².